The van der Waals surface area contributed by atoms with E-state index in [0.717, 1.165) is 101 Å². The summed E-state index contributed by atoms with van der Waals surface area (Å²) in [7, 11) is 0. The highest BCUT2D eigenvalue weighted by molar-refractivity contribution is 7.00. The lowest BCUT2D eigenvalue weighted by molar-refractivity contribution is 0.570. The zero-order chi connectivity index (χ0) is 69.3. The van der Waals surface area contributed by atoms with Crippen molar-refractivity contribution >= 4 is 57.2 Å². The third kappa shape index (κ3) is 10.00. The van der Waals surface area contributed by atoms with Crippen LogP contribution in [0.4, 0.5) is 34.1 Å². The molecule has 0 radical (unpaired) electrons. The zero-order valence-electron chi connectivity index (χ0n) is 61.7. The fourth-order valence-corrected chi connectivity index (χ4v) is 13.0. The van der Waals surface area contributed by atoms with Crippen molar-refractivity contribution in [3.05, 3.63) is 295 Å². The molecule has 12 aromatic carbocycles. The maximum absolute atomic E-state index is 9.72. The van der Waals surface area contributed by atoms with E-state index in [2.05, 4.69) is 187 Å². The summed E-state index contributed by atoms with van der Waals surface area (Å²) in [5.41, 5.74) is 19.3. The van der Waals surface area contributed by atoms with Gasteiger partial charge in [-0.25, -0.2) is 0 Å². The molecule has 0 aromatic heterocycles. The first-order chi connectivity index (χ1) is 46.6. The van der Waals surface area contributed by atoms with Gasteiger partial charge in [-0.2, -0.15) is 0 Å². The molecule has 87 heavy (non-hydrogen) atoms. The standard InChI is InChI=1S/C84H73BN2/c1-82(2,3)65-45-46-67(72(55-65)84(7,8)9)64-51-77-79-78(52-64)87(81-70(60-37-24-14-25-38-60)53-66(83(4,5)6)54-71(81)61-39-26-15-27-40-61)76-48-44-63(57-31-18-11-19-32-57)50-74(76)85(79)73-49-62(56-29-16-10-17-30-56)43-47-75(73)86(77)80-68(58-33-20-12-21-34-58)41-28-42-69(80)59-35-22-13-23-36-59/h10-55H,1-9H3/i10D,11D,16D,17D,18D,19D,28D,29D,30D,31D,32D. The molecule has 0 saturated carbocycles. The Balaban J connectivity index is 1.25. The van der Waals surface area contributed by atoms with Crippen LogP contribution in [0.1, 0.15) is 94.1 Å². The van der Waals surface area contributed by atoms with Crippen LogP contribution >= 0.6 is 0 Å². The fourth-order valence-electron chi connectivity index (χ4n) is 13.0. The number of hydrogen-bond acceptors (Lipinski definition) is 2. The molecule has 12 aromatic rings. The van der Waals surface area contributed by atoms with Crippen molar-refractivity contribution in [3.63, 3.8) is 0 Å². The number of benzene rings is 12. The maximum Gasteiger partial charge on any atom is 0.252 e. The van der Waals surface area contributed by atoms with Crippen LogP contribution in [0.2, 0.25) is 0 Å². The first kappa shape index (κ1) is 43.9. The van der Waals surface area contributed by atoms with Gasteiger partial charge in [-0.1, -0.05) is 305 Å². The molecule has 2 nitrogen and oxygen atoms in total. The van der Waals surface area contributed by atoms with Gasteiger partial charge in [0.15, 0.2) is 0 Å². The first-order valence-electron chi connectivity index (χ1n) is 35.5. The Morgan fingerprint density at radius 1 is 0.287 bits per heavy atom. The Morgan fingerprint density at radius 2 is 0.690 bits per heavy atom. The highest BCUT2D eigenvalue weighted by atomic mass is 15.2. The fraction of sp³-hybridized carbons (Fsp3) is 0.143. The predicted molar refractivity (Wildman–Crippen MR) is 375 cm³/mol. The number of nitrogens with zero attached hydrogens (tertiary/aromatic N) is 2. The van der Waals surface area contributed by atoms with Crippen LogP contribution in [0.25, 0.3) is 77.9 Å². The van der Waals surface area contributed by atoms with Gasteiger partial charge in [0.1, 0.15) is 0 Å². The third-order valence-corrected chi connectivity index (χ3v) is 17.4. The molecule has 0 atom stereocenters. The van der Waals surface area contributed by atoms with E-state index in [1.807, 2.05) is 97.1 Å². The van der Waals surface area contributed by atoms with Gasteiger partial charge in [0, 0.05) is 45.0 Å². The molecule has 0 amide bonds. The van der Waals surface area contributed by atoms with Gasteiger partial charge in [0.25, 0.3) is 6.71 Å². The molecule has 0 unspecified atom stereocenters. The van der Waals surface area contributed by atoms with Crippen molar-refractivity contribution in [3.8, 4) is 77.9 Å². The Hall–Kier alpha value is -9.70. The van der Waals surface area contributed by atoms with Crippen molar-refractivity contribution in [2.24, 2.45) is 0 Å². The van der Waals surface area contributed by atoms with E-state index < -0.39 is 43.0 Å². The lowest BCUT2D eigenvalue weighted by atomic mass is 9.33. The van der Waals surface area contributed by atoms with E-state index in [9.17, 15) is 6.85 Å². The molecule has 0 aliphatic carbocycles. The number of fused-ring (bicyclic) bond motifs is 4. The van der Waals surface area contributed by atoms with Gasteiger partial charge < -0.3 is 9.80 Å². The van der Waals surface area contributed by atoms with Crippen LogP contribution in [-0.2, 0) is 16.2 Å². The third-order valence-electron chi connectivity index (χ3n) is 17.4. The van der Waals surface area contributed by atoms with Crippen LogP contribution in [0.15, 0.2) is 279 Å². The molecular formula is C84H73BN2. The minimum absolute atomic E-state index is 0.0260. The molecule has 0 fully saturated rings. The van der Waals surface area contributed by atoms with Crippen LogP contribution in [-0.4, -0.2) is 6.71 Å². The van der Waals surface area contributed by atoms with Crippen LogP contribution in [0.3, 0.4) is 0 Å². The number of anilines is 6. The molecule has 422 valence electrons. The van der Waals surface area contributed by atoms with Crippen LogP contribution in [0, 0.1) is 0 Å². The van der Waals surface area contributed by atoms with E-state index in [1.165, 1.54) is 5.56 Å². The second-order valence-electron chi connectivity index (χ2n) is 26.1. The Morgan fingerprint density at radius 3 is 1.09 bits per heavy atom. The SMILES string of the molecule is [2H]c1cc(-c2ccccc2)c(N2c3ccc(-c4c([2H])c([2H])c([2H])c([2H])c4[2H])cc3B3c4cc(-c5c([2H])c([2H])c([2H])c([2H])c5[2H])ccc4N(c4c(-c5ccccc5)cc(C(C)(C)C)cc4-c4ccccc4)c4cc(-c5ccc(C(C)(C)C)cc5C(C)(C)C)cc2c43)c(-c2ccccc2)c1. The summed E-state index contributed by atoms with van der Waals surface area (Å²) >= 11 is 0. The highest BCUT2D eigenvalue weighted by Gasteiger charge is 2.46. The lowest BCUT2D eigenvalue weighted by Gasteiger charge is -2.46. The Labute approximate surface area is 531 Å². The zero-order valence-corrected chi connectivity index (χ0v) is 50.7. The van der Waals surface area contributed by atoms with E-state index in [4.69, 9.17) is 8.22 Å². The summed E-state index contributed by atoms with van der Waals surface area (Å²) in [6, 6.07) is 68.8. The highest BCUT2D eigenvalue weighted by Crippen LogP contribution is 2.55. The predicted octanol–water partition coefficient (Wildman–Crippen LogP) is 21.3. The van der Waals surface area contributed by atoms with Gasteiger partial charge in [-0.05, 0) is 141 Å². The lowest BCUT2D eigenvalue weighted by Crippen LogP contribution is -2.61. The van der Waals surface area contributed by atoms with E-state index >= 15 is 0 Å². The van der Waals surface area contributed by atoms with Gasteiger partial charge >= 0.3 is 0 Å². The van der Waals surface area contributed by atoms with Gasteiger partial charge in [-0.3, -0.25) is 0 Å². The van der Waals surface area contributed by atoms with Crippen LogP contribution in [0.5, 0.6) is 0 Å². The van der Waals surface area contributed by atoms with Gasteiger partial charge in [-0.15, -0.1) is 0 Å². The minimum Gasteiger partial charge on any atom is -0.310 e. The topological polar surface area (TPSA) is 6.48 Å². The quantitative estimate of drug-likeness (QED) is 0.133. The number of para-hydroxylation sites is 1. The second-order valence-corrected chi connectivity index (χ2v) is 26.1. The molecule has 0 bridgehead atoms. The van der Waals surface area contributed by atoms with Gasteiger partial charge in [0.2, 0.25) is 0 Å². The Kier molecular flexibility index (Phi) is 10.9. The Bertz CT molecular complexity index is 5050. The summed E-state index contributed by atoms with van der Waals surface area (Å²) in [6.45, 7) is 19.4. The normalized spacial score (nSPS) is 14.6. The first-order valence-corrected chi connectivity index (χ1v) is 30.0. The summed E-state index contributed by atoms with van der Waals surface area (Å²) in [4.78, 5) is 4.72. The molecule has 2 aliphatic heterocycles. The molecule has 0 N–H and O–H groups in total. The van der Waals surface area contributed by atoms with Crippen molar-refractivity contribution < 1.29 is 15.1 Å². The second kappa shape index (κ2) is 21.7. The largest absolute Gasteiger partial charge is 0.310 e. The molecule has 0 saturated heterocycles. The van der Waals surface area contributed by atoms with E-state index in [0.29, 0.717) is 33.8 Å². The van der Waals surface area contributed by atoms with Crippen LogP contribution < -0.4 is 26.2 Å². The van der Waals surface area contributed by atoms with E-state index in [1.54, 1.807) is 0 Å². The summed E-state index contributed by atoms with van der Waals surface area (Å²) in [6.07, 6.45) is 0. The number of rotatable bonds is 9. The van der Waals surface area contributed by atoms with Crippen molar-refractivity contribution in [2.45, 2.75) is 78.6 Å². The van der Waals surface area contributed by atoms with E-state index in [-0.39, 0.29) is 51.5 Å². The molecule has 2 aliphatic rings. The van der Waals surface area contributed by atoms with Gasteiger partial charge in [0.05, 0.1) is 26.5 Å². The average molecular weight is 1130 g/mol. The molecule has 14 rings (SSSR count). The molecule has 0 spiro atoms. The minimum atomic E-state index is -0.781. The van der Waals surface area contributed by atoms with Crippen molar-refractivity contribution in [2.75, 3.05) is 9.80 Å². The summed E-state index contributed by atoms with van der Waals surface area (Å²) in [5, 5.41) is 0. The molecule has 3 heteroatoms. The molecule has 2 heterocycles. The average Bonchev–Trinajstić information content (AvgIpc) is 0.685. The molecular weight excluding hydrogens is 1050 g/mol. The monoisotopic (exact) mass is 1130 g/mol. The van der Waals surface area contributed by atoms with Crippen molar-refractivity contribution in [1.29, 1.82) is 0 Å². The smallest absolute Gasteiger partial charge is 0.252 e. The van der Waals surface area contributed by atoms with Crippen molar-refractivity contribution in [1.82, 2.24) is 0 Å². The maximum atomic E-state index is 9.72. The number of hydrogen-bond donors (Lipinski definition) is 0. The summed E-state index contributed by atoms with van der Waals surface area (Å²) in [5.74, 6) is 0. The summed E-state index contributed by atoms with van der Waals surface area (Å²) < 4.78 is 101.